The molecule has 1 aromatic carbocycles. The summed E-state index contributed by atoms with van der Waals surface area (Å²) in [5, 5.41) is 11.3. The van der Waals surface area contributed by atoms with Gasteiger partial charge in [0, 0.05) is 11.8 Å². The van der Waals surface area contributed by atoms with E-state index in [9.17, 15) is 9.59 Å². The Morgan fingerprint density at radius 1 is 1.33 bits per heavy atom. The first-order valence-corrected chi connectivity index (χ1v) is 6.63. The minimum atomic E-state index is -0.994. The van der Waals surface area contributed by atoms with Gasteiger partial charge in [-0.1, -0.05) is 6.07 Å². The predicted octanol–water partition coefficient (Wildman–Crippen LogP) is 2.85. The van der Waals surface area contributed by atoms with Gasteiger partial charge in [0.15, 0.2) is 0 Å². The Bertz CT molecular complexity index is 556. The van der Waals surface area contributed by atoms with E-state index in [-0.39, 0.29) is 18.1 Å². The van der Waals surface area contributed by atoms with Crippen LogP contribution in [0.15, 0.2) is 24.3 Å². The number of carboxylic acid groups (broad SMARTS) is 1. The molecule has 114 valence electrons. The zero-order valence-corrected chi connectivity index (χ0v) is 12.8. The largest absolute Gasteiger partial charge is 0.478 e. The highest BCUT2D eigenvalue weighted by molar-refractivity contribution is 5.92. The van der Waals surface area contributed by atoms with Crippen LogP contribution in [0.2, 0.25) is 0 Å². The molecule has 1 rings (SSSR count). The Morgan fingerprint density at radius 2 is 2.00 bits per heavy atom. The van der Waals surface area contributed by atoms with Crippen LogP contribution in [0, 0.1) is 6.92 Å². The maximum absolute atomic E-state index is 11.7. The van der Waals surface area contributed by atoms with Crippen molar-refractivity contribution in [3.05, 3.63) is 35.4 Å². The highest BCUT2D eigenvalue weighted by atomic mass is 16.5. The smallest absolute Gasteiger partial charge is 0.328 e. The minimum Gasteiger partial charge on any atom is -0.478 e. The Labute approximate surface area is 124 Å². The van der Waals surface area contributed by atoms with Crippen molar-refractivity contribution < 1.29 is 19.4 Å². The molecule has 5 heteroatoms. The number of ether oxygens (including phenoxy) is 1. The van der Waals surface area contributed by atoms with Gasteiger partial charge in [-0.3, -0.25) is 4.79 Å². The summed E-state index contributed by atoms with van der Waals surface area (Å²) in [6, 6.07) is 5.27. The van der Waals surface area contributed by atoms with Crippen molar-refractivity contribution in [3.63, 3.8) is 0 Å². The van der Waals surface area contributed by atoms with E-state index >= 15 is 0 Å². The molecule has 0 saturated carbocycles. The summed E-state index contributed by atoms with van der Waals surface area (Å²) >= 11 is 0. The number of carbonyl (C=O) groups excluding carboxylic acids is 1. The molecular weight excluding hydrogens is 270 g/mol. The number of rotatable bonds is 5. The van der Waals surface area contributed by atoms with Gasteiger partial charge >= 0.3 is 5.97 Å². The second-order valence-corrected chi connectivity index (χ2v) is 5.69. The summed E-state index contributed by atoms with van der Waals surface area (Å²) in [5.41, 5.74) is 1.96. The van der Waals surface area contributed by atoms with Gasteiger partial charge in [0.2, 0.25) is 5.91 Å². The summed E-state index contributed by atoms with van der Waals surface area (Å²) in [6.45, 7) is 7.49. The van der Waals surface area contributed by atoms with Crippen LogP contribution in [-0.2, 0) is 14.3 Å². The fraction of sp³-hybridized carbons (Fsp3) is 0.375. The molecule has 21 heavy (non-hydrogen) atoms. The van der Waals surface area contributed by atoms with Gasteiger partial charge in [0.25, 0.3) is 0 Å². The summed E-state index contributed by atoms with van der Waals surface area (Å²) in [6.07, 6.45) is 2.60. The Hall–Kier alpha value is -2.14. The lowest BCUT2D eigenvalue weighted by atomic mass is 10.1. The molecule has 0 unspecified atom stereocenters. The average Bonchev–Trinajstić information content (AvgIpc) is 2.34. The molecule has 5 nitrogen and oxygen atoms in total. The summed E-state index contributed by atoms with van der Waals surface area (Å²) < 4.78 is 5.39. The van der Waals surface area contributed by atoms with Crippen molar-refractivity contribution in [1.29, 1.82) is 0 Å². The molecule has 0 heterocycles. The first-order chi connectivity index (χ1) is 9.67. The van der Waals surface area contributed by atoms with Crippen LogP contribution in [0.5, 0.6) is 0 Å². The molecule has 0 fully saturated rings. The molecular formula is C16H21NO4. The fourth-order valence-electron chi connectivity index (χ4n) is 1.58. The van der Waals surface area contributed by atoms with Crippen molar-refractivity contribution in [1.82, 2.24) is 0 Å². The van der Waals surface area contributed by atoms with E-state index < -0.39 is 5.97 Å². The Morgan fingerprint density at radius 3 is 2.52 bits per heavy atom. The average molecular weight is 291 g/mol. The lowest BCUT2D eigenvalue weighted by molar-refractivity contribution is -0.131. The fourth-order valence-corrected chi connectivity index (χ4v) is 1.58. The van der Waals surface area contributed by atoms with E-state index in [1.165, 1.54) is 6.08 Å². The molecule has 0 aromatic heterocycles. The van der Waals surface area contributed by atoms with E-state index in [1.807, 2.05) is 27.7 Å². The van der Waals surface area contributed by atoms with Crippen LogP contribution in [0.3, 0.4) is 0 Å². The molecule has 2 N–H and O–H groups in total. The van der Waals surface area contributed by atoms with Crippen molar-refractivity contribution in [3.8, 4) is 0 Å². The topological polar surface area (TPSA) is 75.6 Å². The zero-order chi connectivity index (χ0) is 16.0. The molecule has 0 spiro atoms. The highest BCUT2D eigenvalue weighted by Crippen LogP contribution is 2.17. The van der Waals surface area contributed by atoms with Crippen molar-refractivity contribution >= 4 is 23.6 Å². The summed E-state index contributed by atoms with van der Waals surface area (Å²) in [5.74, 6) is -1.22. The van der Waals surface area contributed by atoms with Gasteiger partial charge in [0.05, 0.1) is 5.60 Å². The SMILES string of the molecule is Cc1cc(NC(=O)COC(C)(C)C)ccc1/C=C/C(=O)O. The normalized spacial score (nSPS) is 11.6. The third kappa shape index (κ3) is 6.72. The molecule has 0 aliphatic heterocycles. The maximum atomic E-state index is 11.7. The van der Waals surface area contributed by atoms with Crippen LogP contribution in [0.1, 0.15) is 31.9 Å². The van der Waals surface area contributed by atoms with Gasteiger partial charge in [-0.25, -0.2) is 4.79 Å². The van der Waals surface area contributed by atoms with Gasteiger partial charge in [-0.05, 0) is 57.0 Å². The zero-order valence-electron chi connectivity index (χ0n) is 12.8. The number of aryl methyl sites for hydroxylation is 1. The van der Waals surface area contributed by atoms with E-state index in [2.05, 4.69) is 5.32 Å². The van der Waals surface area contributed by atoms with E-state index in [4.69, 9.17) is 9.84 Å². The second-order valence-electron chi connectivity index (χ2n) is 5.69. The number of hydrogen-bond donors (Lipinski definition) is 2. The van der Waals surface area contributed by atoms with E-state index in [0.29, 0.717) is 5.69 Å². The lowest BCUT2D eigenvalue weighted by Crippen LogP contribution is -2.27. The Balaban J connectivity index is 2.67. The number of anilines is 1. The van der Waals surface area contributed by atoms with Crippen LogP contribution in [0.4, 0.5) is 5.69 Å². The first-order valence-electron chi connectivity index (χ1n) is 6.63. The molecule has 0 aliphatic rings. The van der Waals surface area contributed by atoms with Crippen LogP contribution in [0.25, 0.3) is 6.08 Å². The maximum Gasteiger partial charge on any atom is 0.328 e. The lowest BCUT2D eigenvalue weighted by Gasteiger charge is -2.19. The molecule has 0 bridgehead atoms. The number of hydrogen-bond acceptors (Lipinski definition) is 3. The number of carboxylic acids is 1. The van der Waals surface area contributed by atoms with Gasteiger partial charge in [-0.2, -0.15) is 0 Å². The third-order valence-electron chi connectivity index (χ3n) is 2.60. The van der Waals surface area contributed by atoms with Gasteiger partial charge < -0.3 is 15.2 Å². The van der Waals surface area contributed by atoms with Crippen molar-refractivity contribution in [2.75, 3.05) is 11.9 Å². The monoisotopic (exact) mass is 291 g/mol. The number of aliphatic carboxylic acids is 1. The Kier molecular flexibility index (Phi) is 5.67. The standard InChI is InChI=1S/C16H21NO4/c1-11-9-13(7-5-12(11)6-8-15(19)20)17-14(18)10-21-16(2,3)4/h5-9H,10H2,1-4H3,(H,17,18)(H,19,20)/b8-6+. The molecule has 0 saturated heterocycles. The number of carbonyl (C=O) groups is 2. The van der Waals surface area contributed by atoms with Crippen LogP contribution in [-0.4, -0.2) is 29.2 Å². The highest BCUT2D eigenvalue weighted by Gasteiger charge is 2.13. The number of nitrogens with one attached hydrogen (secondary N) is 1. The number of amides is 1. The first kappa shape index (κ1) is 16.9. The third-order valence-corrected chi connectivity index (χ3v) is 2.60. The number of benzene rings is 1. The van der Waals surface area contributed by atoms with E-state index in [0.717, 1.165) is 17.2 Å². The molecule has 1 aromatic rings. The summed E-state index contributed by atoms with van der Waals surface area (Å²) in [7, 11) is 0. The molecule has 0 aliphatic carbocycles. The van der Waals surface area contributed by atoms with Crippen molar-refractivity contribution in [2.45, 2.75) is 33.3 Å². The second kappa shape index (κ2) is 7.04. The molecule has 1 amide bonds. The minimum absolute atomic E-state index is 0.0107. The van der Waals surface area contributed by atoms with Gasteiger partial charge in [-0.15, -0.1) is 0 Å². The quantitative estimate of drug-likeness (QED) is 0.818. The molecule has 0 atom stereocenters. The van der Waals surface area contributed by atoms with Gasteiger partial charge in [0.1, 0.15) is 6.61 Å². The van der Waals surface area contributed by atoms with E-state index in [1.54, 1.807) is 18.2 Å². The summed E-state index contributed by atoms with van der Waals surface area (Å²) in [4.78, 5) is 22.2. The van der Waals surface area contributed by atoms with Crippen LogP contribution >= 0.6 is 0 Å². The predicted molar refractivity (Wildman–Crippen MR) is 82.2 cm³/mol. The molecule has 0 radical (unpaired) electrons. The van der Waals surface area contributed by atoms with Crippen LogP contribution < -0.4 is 5.32 Å². The van der Waals surface area contributed by atoms with Crippen molar-refractivity contribution in [2.24, 2.45) is 0 Å².